The summed E-state index contributed by atoms with van der Waals surface area (Å²) in [5.74, 6) is 0.599. The number of thioether (sulfide) groups is 1. The molecule has 0 fully saturated rings. The number of halogens is 1. The van der Waals surface area contributed by atoms with Crippen molar-refractivity contribution in [3.05, 3.63) is 57.2 Å². The van der Waals surface area contributed by atoms with Gasteiger partial charge >= 0.3 is 0 Å². The molecule has 0 spiro atoms. The van der Waals surface area contributed by atoms with E-state index in [0.29, 0.717) is 16.9 Å². The third kappa shape index (κ3) is 3.30. The van der Waals surface area contributed by atoms with Crippen LogP contribution in [0.2, 0.25) is 0 Å². The van der Waals surface area contributed by atoms with Gasteiger partial charge in [0.15, 0.2) is 5.78 Å². The van der Waals surface area contributed by atoms with E-state index in [2.05, 4.69) is 22.6 Å². The molecule has 0 N–H and O–H groups in total. The van der Waals surface area contributed by atoms with Gasteiger partial charge in [-0.1, -0.05) is 0 Å². The Kier molecular flexibility index (Phi) is 4.87. The molecule has 0 bridgehead atoms. The first-order valence-electron chi connectivity index (χ1n) is 5.68. The van der Waals surface area contributed by atoms with E-state index in [-0.39, 0.29) is 5.78 Å². The van der Waals surface area contributed by atoms with Gasteiger partial charge in [-0.15, -0.1) is 11.8 Å². The van der Waals surface area contributed by atoms with Gasteiger partial charge in [-0.25, -0.2) is 0 Å². The first-order chi connectivity index (χ1) is 9.15. The predicted octanol–water partition coefficient (Wildman–Crippen LogP) is 4.25. The summed E-state index contributed by atoms with van der Waals surface area (Å²) in [4.78, 5) is 13.6. The molecule has 2 rings (SSSR count). The Bertz CT molecular complexity index is 594. The summed E-state index contributed by atoms with van der Waals surface area (Å²) in [6.45, 7) is 0. The molecule has 0 aliphatic carbocycles. The minimum atomic E-state index is -0.0111. The lowest BCUT2D eigenvalue weighted by Gasteiger charge is -2.08. The van der Waals surface area contributed by atoms with Crippen molar-refractivity contribution in [1.29, 1.82) is 0 Å². The highest BCUT2D eigenvalue weighted by atomic mass is 127. The number of carbonyl (C=O) groups is 1. The Morgan fingerprint density at radius 2 is 1.84 bits per heavy atom. The third-order valence-corrected chi connectivity index (χ3v) is 4.17. The number of benzene rings is 2. The van der Waals surface area contributed by atoms with Gasteiger partial charge in [0.05, 0.1) is 12.7 Å². The minimum absolute atomic E-state index is 0.0111. The molecule has 0 aliphatic heterocycles. The van der Waals surface area contributed by atoms with E-state index in [1.807, 2.05) is 48.7 Å². The average molecular weight is 384 g/mol. The second-order valence-corrected chi connectivity index (χ2v) is 6.03. The molecule has 98 valence electrons. The molecule has 0 aliphatic rings. The normalized spacial score (nSPS) is 10.3. The number of ether oxygens (including phenoxy) is 1. The zero-order chi connectivity index (χ0) is 13.8. The maximum Gasteiger partial charge on any atom is 0.196 e. The molecule has 0 atom stereocenters. The lowest BCUT2D eigenvalue weighted by Crippen LogP contribution is -2.04. The largest absolute Gasteiger partial charge is 0.496 e. The second kappa shape index (κ2) is 6.43. The highest BCUT2D eigenvalue weighted by Crippen LogP contribution is 2.24. The lowest BCUT2D eigenvalue weighted by atomic mass is 10.0. The zero-order valence-electron chi connectivity index (χ0n) is 10.6. The Morgan fingerprint density at radius 3 is 2.42 bits per heavy atom. The van der Waals surface area contributed by atoms with Crippen LogP contribution in [0.5, 0.6) is 5.75 Å². The van der Waals surface area contributed by atoms with Crippen LogP contribution in [0.25, 0.3) is 0 Å². The van der Waals surface area contributed by atoms with Crippen molar-refractivity contribution in [3.63, 3.8) is 0 Å². The molecule has 0 amide bonds. The standard InChI is InChI=1S/C15H13IO2S/c1-18-14-8-5-11(16)9-13(14)15(17)10-3-6-12(19-2)7-4-10/h3-9H,1-2H3. The molecule has 0 saturated carbocycles. The van der Waals surface area contributed by atoms with Crippen LogP contribution >= 0.6 is 34.4 Å². The monoisotopic (exact) mass is 384 g/mol. The third-order valence-electron chi connectivity index (χ3n) is 2.76. The van der Waals surface area contributed by atoms with E-state index in [9.17, 15) is 4.79 Å². The molecule has 0 heterocycles. The fourth-order valence-electron chi connectivity index (χ4n) is 1.76. The Morgan fingerprint density at radius 1 is 1.16 bits per heavy atom. The van der Waals surface area contributed by atoms with Crippen LogP contribution in [0.3, 0.4) is 0 Å². The average Bonchev–Trinajstić information content (AvgIpc) is 2.46. The molecule has 4 heteroatoms. The van der Waals surface area contributed by atoms with Crippen molar-refractivity contribution < 1.29 is 9.53 Å². The van der Waals surface area contributed by atoms with Crippen molar-refractivity contribution in [3.8, 4) is 5.75 Å². The van der Waals surface area contributed by atoms with Crippen LogP contribution < -0.4 is 4.74 Å². The van der Waals surface area contributed by atoms with Crippen LogP contribution in [-0.4, -0.2) is 19.1 Å². The van der Waals surface area contributed by atoms with E-state index < -0.39 is 0 Å². The SMILES string of the molecule is COc1ccc(I)cc1C(=O)c1ccc(SC)cc1. The first kappa shape index (κ1) is 14.4. The van der Waals surface area contributed by atoms with Crippen molar-refractivity contribution in [1.82, 2.24) is 0 Å². The summed E-state index contributed by atoms with van der Waals surface area (Å²) in [7, 11) is 1.58. The smallest absolute Gasteiger partial charge is 0.196 e. The number of hydrogen-bond donors (Lipinski definition) is 0. The van der Waals surface area contributed by atoms with E-state index in [1.54, 1.807) is 18.9 Å². The maximum atomic E-state index is 12.5. The van der Waals surface area contributed by atoms with Gasteiger partial charge in [-0.2, -0.15) is 0 Å². The molecule has 0 unspecified atom stereocenters. The van der Waals surface area contributed by atoms with Gasteiger partial charge in [0.1, 0.15) is 5.75 Å². The van der Waals surface area contributed by atoms with Gasteiger partial charge in [0.25, 0.3) is 0 Å². The summed E-state index contributed by atoms with van der Waals surface area (Å²) in [5, 5.41) is 0. The van der Waals surface area contributed by atoms with E-state index in [0.717, 1.165) is 8.47 Å². The van der Waals surface area contributed by atoms with Gasteiger partial charge in [0.2, 0.25) is 0 Å². The lowest BCUT2D eigenvalue weighted by molar-refractivity contribution is 0.103. The van der Waals surface area contributed by atoms with Crippen molar-refractivity contribution >= 4 is 40.1 Å². The van der Waals surface area contributed by atoms with Crippen LogP contribution in [0.15, 0.2) is 47.4 Å². The summed E-state index contributed by atoms with van der Waals surface area (Å²) in [6, 6.07) is 13.2. The minimum Gasteiger partial charge on any atom is -0.496 e. The Labute approximate surface area is 130 Å². The van der Waals surface area contributed by atoms with E-state index in [4.69, 9.17) is 4.74 Å². The molecule has 0 aromatic heterocycles. The van der Waals surface area contributed by atoms with Crippen molar-refractivity contribution in [2.45, 2.75) is 4.90 Å². The Hall–Kier alpha value is -1.01. The van der Waals surface area contributed by atoms with Crippen LogP contribution in [0.4, 0.5) is 0 Å². The van der Waals surface area contributed by atoms with Gasteiger partial charge < -0.3 is 4.74 Å². The highest BCUT2D eigenvalue weighted by Gasteiger charge is 2.14. The van der Waals surface area contributed by atoms with Crippen molar-refractivity contribution in [2.75, 3.05) is 13.4 Å². The molecule has 0 saturated heterocycles. The summed E-state index contributed by atoms with van der Waals surface area (Å²) >= 11 is 3.85. The van der Waals surface area contributed by atoms with Crippen LogP contribution in [0.1, 0.15) is 15.9 Å². The van der Waals surface area contributed by atoms with Gasteiger partial charge in [0, 0.05) is 14.0 Å². The van der Waals surface area contributed by atoms with E-state index >= 15 is 0 Å². The summed E-state index contributed by atoms with van der Waals surface area (Å²) < 4.78 is 6.28. The molecule has 19 heavy (non-hydrogen) atoms. The molecular formula is C15H13IO2S. The molecule has 0 radical (unpaired) electrons. The van der Waals surface area contributed by atoms with Crippen molar-refractivity contribution in [2.24, 2.45) is 0 Å². The zero-order valence-corrected chi connectivity index (χ0v) is 13.6. The van der Waals surface area contributed by atoms with Crippen LogP contribution in [-0.2, 0) is 0 Å². The summed E-state index contributed by atoms with van der Waals surface area (Å²) in [6.07, 6.45) is 2.01. The number of hydrogen-bond acceptors (Lipinski definition) is 3. The van der Waals surface area contributed by atoms with E-state index in [1.165, 1.54) is 0 Å². The highest BCUT2D eigenvalue weighted by molar-refractivity contribution is 14.1. The molecular weight excluding hydrogens is 371 g/mol. The topological polar surface area (TPSA) is 26.3 Å². The molecule has 2 nitrogen and oxygen atoms in total. The van der Waals surface area contributed by atoms with Gasteiger partial charge in [-0.05, 0) is 71.3 Å². The second-order valence-electron chi connectivity index (χ2n) is 3.90. The predicted molar refractivity (Wildman–Crippen MR) is 87.4 cm³/mol. The molecule has 2 aromatic carbocycles. The first-order valence-corrected chi connectivity index (χ1v) is 7.98. The maximum absolute atomic E-state index is 12.5. The number of methoxy groups -OCH3 is 1. The van der Waals surface area contributed by atoms with Crippen LogP contribution in [0, 0.1) is 3.57 Å². The van der Waals surface area contributed by atoms with Gasteiger partial charge in [-0.3, -0.25) is 4.79 Å². The quantitative estimate of drug-likeness (QED) is 0.448. The Balaban J connectivity index is 2.40. The fraction of sp³-hybridized carbons (Fsp3) is 0.133. The molecule has 2 aromatic rings. The summed E-state index contributed by atoms with van der Waals surface area (Å²) in [5.41, 5.74) is 1.28. The number of rotatable bonds is 4. The number of ketones is 1. The fourth-order valence-corrected chi connectivity index (χ4v) is 2.65. The number of carbonyl (C=O) groups excluding carboxylic acids is 1.